The zero-order valence-corrected chi connectivity index (χ0v) is 8.75. The molecule has 1 nitrogen and oxygen atoms in total. The number of benzene rings is 1. The van der Waals surface area contributed by atoms with Gasteiger partial charge in [0.25, 0.3) is 0 Å². The van der Waals surface area contributed by atoms with Crippen LogP contribution in [-0.2, 0) is 6.42 Å². The average Bonchev–Trinajstić information content (AvgIpc) is 2.05. The molecule has 0 aliphatic heterocycles. The molecule has 0 saturated carbocycles. The second kappa shape index (κ2) is 4.64. The first-order chi connectivity index (χ1) is 7.57. The zero-order valence-electron chi connectivity index (χ0n) is 7.99. The van der Waals surface area contributed by atoms with Gasteiger partial charge in [-0.3, -0.25) is 0 Å². The Morgan fingerprint density at radius 3 is 2.12 bits per heavy atom. The molecule has 0 unspecified atom stereocenters. The van der Waals surface area contributed by atoms with Gasteiger partial charge in [-0.2, -0.15) is 13.2 Å². The number of hydrogen-bond donors (Lipinski definition) is 0. The number of rotatable bonds is 2. The third-order valence-electron chi connectivity index (χ3n) is 1.63. The van der Waals surface area contributed by atoms with Crippen LogP contribution in [0.5, 0.6) is 5.75 Å². The van der Waals surface area contributed by atoms with E-state index in [2.05, 4.69) is 4.74 Å². The van der Waals surface area contributed by atoms with Crippen molar-refractivity contribution in [2.75, 3.05) is 0 Å². The molecule has 0 atom stereocenters. The number of alkyl halides is 6. The Labute approximate surface area is 96.9 Å². The topological polar surface area (TPSA) is 9.23 Å². The summed E-state index contributed by atoms with van der Waals surface area (Å²) in [6.45, 7) is 0. The lowest BCUT2D eigenvalue weighted by molar-refractivity contribution is -0.274. The molecule has 0 aliphatic carbocycles. The molecule has 0 aromatic heterocycles. The van der Waals surface area contributed by atoms with Crippen molar-refractivity contribution in [1.29, 1.82) is 0 Å². The number of halogens is 7. The molecule has 0 aliphatic rings. The molecule has 0 N–H and O–H groups in total. The van der Waals surface area contributed by atoms with Gasteiger partial charge in [-0.05, 0) is 17.7 Å². The molecule has 1 aromatic carbocycles. The van der Waals surface area contributed by atoms with Crippen LogP contribution in [0, 0.1) is 0 Å². The molecule has 1 rings (SSSR count). The minimum absolute atomic E-state index is 0.360. The van der Waals surface area contributed by atoms with Crippen LogP contribution in [0.1, 0.15) is 5.56 Å². The molecule has 0 fully saturated rings. The third kappa shape index (κ3) is 5.16. The molecule has 0 amide bonds. The van der Waals surface area contributed by atoms with E-state index in [1.807, 2.05) is 0 Å². The fourth-order valence-corrected chi connectivity index (χ4v) is 1.25. The maximum atomic E-state index is 12.0. The predicted molar refractivity (Wildman–Crippen MR) is 47.9 cm³/mol. The summed E-state index contributed by atoms with van der Waals surface area (Å²) in [4.78, 5) is 0. The smallest absolute Gasteiger partial charge is 0.404 e. The van der Waals surface area contributed by atoms with Gasteiger partial charge in [0.1, 0.15) is 5.75 Å². The van der Waals surface area contributed by atoms with E-state index in [1.54, 1.807) is 0 Å². The van der Waals surface area contributed by atoms with Crippen molar-refractivity contribution in [3.63, 3.8) is 0 Å². The summed E-state index contributed by atoms with van der Waals surface area (Å²) in [6, 6.07) is 2.52. The first-order valence-electron chi connectivity index (χ1n) is 4.18. The highest BCUT2D eigenvalue weighted by molar-refractivity contribution is 6.32. The van der Waals surface area contributed by atoms with E-state index < -0.39 is 29.7 Å². The Balaban J connectivity index is 2.95. The minimum Gasteiger partial charge on any atom is -0.404 e. The quantitative estimate of drug-likeness (QED) is 0.731. The number of hydrogen-bond acceptors (Lipinski definition) is 1. The van der Waals surface area contributed by atoms with Crippen molar-refractivity contribution >= 4 is 11.6 Å². The Kier molecular flexibility index (Phi) is 3.81. The monoisotopic (exact) mass is 278 g/mol. The Bertz CT molecular complexity index is 397. The van der Waals surface area contributed by atoms with Crippen LogP contribution in [0.4, 0.5) is 26.3 Å². The van der Waals surface area contributed by atoms with Crippen molar-refractivity contribution in [3.8, 4) is 5.75 Å². The van der Waals surface area contributed by atoms with Crippen LogP contribution in [0.2, 0.25) is 5.02 Å². The van der Waals surface area contributed by atoms with Gasteiger partial charge < -0.3 is 4.74 Å². The zero-order chi connectivity index (χ0) is 13.3. The van der Waals surface area contributed by atoms with Crippen LogP contribution >= 0.6 is 11.6 Å². The first-order valence-corrected chi connectivity index (χ1v) is 4.55. The molecule has 0 spiro atoms. The van der Waals surface area contributed by atoms with Gasteiger partial charge in [0, 0.05) is 0 Å². The molecule has 17 heavy (non-hydrogen) atoms. The van der Waals surface area contributed by atoms with Gasteiger partial charge in [-0.25, -0.2) is 0 Å². The van der Waals surface area contributed by atoms with Gasteiger partial charge in [-0.1, -0.05) is 17.7 Å². The largest absolute Gasteiger partial charge is 0.573 e. The minimum atomic E-state index is -5.00. The predicted octanol–water partition coefficient (Wildman–Crippen LogP) is 4.34. The van der Waals surface area contributed by atoms with Gasteiger partial charge in [0.15, 0.2) is 0 Å². The maximum Gasteiger partial charge on any atom is 0.573 e. The third-order valence-corrected chi connectivity index (χ3v) is 1.94. The maximum absolute atomic E-state index is 12.0. The van der Waals surface area contributed by atoms with Crippen LogP contribution in [0.15, 0.2) is 18.2 Å². The average molecular weight is 279 g/mol. The second-order valence-corrected chi connectivity index (χ2v) is 3.51. The highest BCUT2D eigenvalue weighted by atomic mass is 35.5. The summed E-state index contributed by atoms with van der Waals surface area (Å²) in [5, 5.41) is -0.409. The normalized spacial score (nSPS) is 12.6. The van der Waals surface area contributed by atoms with Gasteiger partial charge >= 0.3 is 12.5 Å². The van der Waals surface area contributed by atoms with Crippen molar-refractivity contribution in [1.82, 2.24) is 0 Å². The molecule has 0 bridgehead atoms. The van der Waals surface area contributed by atoms with E-state index in [1.165, 1.54) is 0 Å². The van der Waals surface area contributed by atoms with Gasteiger partial charge in [-0.15, -0.1) is 13.2 Å². The van der Waals surface area contributed by atoms with Crippen molar-refractivity contribution < 1.29 is 31.1 Å². The Hall–Kier alpha value is -1.11. The summed E-state index contributed by atoms with van der Waals surface area (Å²) in [5.41, 5.74) is -0.360. The van der Waals surface area contributed by atoms with Crippen LogP contribution in [0.25, 0.3) is 0 Å². The fourth-order valence-electron chi connectivity index (χ4n) is 1.09. The van der Waals surface area contributed by atoms with Gasteiger partial charge in [0.05, 0.1) is 11.4 Å². The van der Waals surface area contributed by atoms with E-state index in [9.17, 15) is 26.3 Å². The molecule has 0 saturated heterocycles. The van der Waals surface area contributed by atoms with Gasteiger partial charge in [0.2, 0.25) is 0 Å². The lowest BCUT2D eigenvalue weighted by Crippen LogP contribution is -2.18. The number of ether oxygens (including phenoxy) is 1. The summed E-state index contributed by atoms with van der Waals surface area (Å²) < 4.78 is 75.2. The summed E-state index contributed by atoms with van der Waals surface area (Å²) >= 11 is 5.37. The Morgan fingerprint density at radius 2 is 1.65 bits per heavy atom. The standard InChI is InChI=1S/C9H5ClF6O/c10-6-2-1-5(4-8(11,12)13)3-7(6)17-9(14,15)16/h1-3H,4H2. The van der Waals surface area contributed by atoms with Crippen LogP contribution in [0.3, 0.4) is 0 Å². The highest BCUT2D eigenvalue weighted by Gasteiger charge is 2.33. The highest BCUT2D eigenvalue weighted by Crippen LogP contribution is 2.32. The summed E-state index contributed by atoms with van der Waals surface area (Å²) in [7, 11) is 0. The molecular formula is C9H5ClF6O. The van der Waals surface area contributed by atoms with E-state index in [0.29, 0.717) is 6.07 Å². The van der Waals surface area contributed by atoms with E-state index in [4.69, 9.17) is 11.6 Å². The Morgan fingerprint density at radius 1 is 1.06 bits per heavy atom. The first kappa shape index (κ1) is 14.0. The molecule has 1 aromatic rings. The summed E-state index contributed by atoms with van der Waals surface area (Å²) in [6.07, 6.45) is -10.9. The van der Waals surface area contributed by atoms with Crippen LogP contribution in [-0.4, -0.2) is 12.5 Å². The van der Waals surface area contributed by atoms with Crippen molar-refractivity contribution in [2.24, 2.45) is 0 Å². The molecule has 0 radical (unpaired) electrons. The fraction of sp³-hybridized carbons (Fsp3) is 0.333. The van der Waals surface area contributed by atoms with E-state index in [0.717, 1.165) is 12.1 Å². The molecule has 96 valence electrons. The summed E-state index contributed by atoms with van der Waals surface area (Å²) in [5.74, 6) is -0.846. The van der Waals surface area contributed by atoms with E-state index >= 15 is 0 Å². The lowest BCUT2D eigenvalue weighted by Gasteiger charge is -2.12. The molecular weight excluding hydrogens is 274 g/mol. The lowest BCUT2D eigenvalue weighted by atomic mass is 10.1. The van der Waals surface area contributed by atoms with Crippen molar-refractivity contribution in [3.05, 3.63) is 28.8 Å². The van der Waals surface area contributed by atoms with Crippen molar-refractivity contribution in [2.45, 2.75) is 19.0 Å². The van der Waals surface area contributed by atoms with Crippen LogP contribution < -0.4 is 4.74 Å². The van der Waals surface area contributed by atoms with E-state index in [-0.39, 0.29) is 5.56 Å². The second-order valence-electron chi connectivity index (χ2n) is 3.10. The molecule has 8 heteroatoms. The SMILES string of the molecule is FC(F)(F)Cc1ccc(Cl)c(OC(F)(F)F)c1. The molecule has 0 heterocycles.